The summed E-state index contributed by atoms with van der Waals surface area (Å²) in [5, 5.41) is 0. The third kappa shape index (κ3) is 2.56. The second kappa shape index (κ2) is 5.03. The summed E-state index contributed by atoms with van der Waals surface area (Å²) in [6, 6.07) is 4.61. The molecule has 0 aliphatic rings. The summed E-state index contributed by atoms with van der Waals surface area (Å²) >= 11 is 3.60. The molecule has 0 bridgehead atoms. The zero-order valence-corrected chi connectivity index (χ0v) is 15.0. The molecule has 0 saturated heterocycles. The van der Waals surface area contributed by atoms with Gasteiger partial charge in [0, 0.05) is 12.6 Å². The van der Waals surface area contributed by atoms with Crippen molar-refractivity contribution in [3.8, 4) is 11.3 Å². The van der Waals surface area contributed by atoms with Crippen LogP contribution in [0.5, 0.6) is 0 Å². The van der Waals surface area contributed by atoms with Crippen LogP contribution in [0.4, 0.5) is 0 Å². The van der Waals surface area contributed by atoms with Gasteiger partial charge in [0.2, 0.25) is 0 Å². The summed E-state index contributed by atoms with van der Waals surface area (Å²) in [6.07, 6.45) is 0. The van der Waals surface area contributed by atoms with Crippen LogP contribution in [0.3, 0.4) is 0 Å². The molecule has 2 nitrogen and oxygen atoms in total. The quantitative estimate of drug-likeness (QED) is 0.711. The first-order valence-electron chi connectivity index (χ1n) is 6.94. The third-order valence-electron chi connectivity index (χ3n) is 3.91. The Bertz CT molecular complexity index is 637. The molecule has 1 aromatic carbocycles. The number of hydrogen-bond donors (Lipinski definition) is 0. The van der Waals surface area contributed by atoms with Crippen molar-refractivity contribution in [2.45, 2.75) is 47.0 Å². The van der Waals surface area contributed by atoms with Gasteiger partial charge in [-0.25, -0.2) is 4.98 Å². The van der Waals surface area contributed by atoms with Crippen LogP contribution in [0.1, 0.15) is 43.3 Å². The highest BCUT2D eigenvalue weighted by Crippen LogP contribution is 2.36. The van der Waals surface area contributed by atoms with Gasteiger partial charge in [0.25, 0.3) is 0 Å². The van der Waals surface area contributed by atoms with Crippen molar-refractivity contribution in [1.82, 2.24) is 9.55 Å². The van der Waals surface area contributed by atoms with Gasteiger partial charge in [-0.3, -0.25) is 0 Å². The van der Waals surface area contributed by atoms with E-state index in [9.17, 15) is 0 Å². The fourth-order valence-corrected chi connectivity index (χ4v) is 3.33. The molecule has 0 radical (unpaired) electrons. The number of imidazole rings is 1. The highest BCUT2D eigenvalue weighted by molar-refractivity contribution is 9.10. The molecule has 0 atom stereocenters. The molecule has 0 saturated carbocycles. The van der Waals surface area contributed by atoms with E-state index in [0.717, 1.165) is 16.1 Å². The third-order valence-corrected chi connectivity index (χ3v) is 4.46. The van der Waals surface area contributed by atoms with Crippen LogP contribution in [-0.2, 0) is 12.5 Å². The second-order valence-corrected chi connectivity index (χ2v) is 7.34. The molecule has 2 rings (SSSR count). The van der Waals surface area contributed by atoms with E-state index in [0.29, 0.717) is 0 Å². The minimum absolute atomic E-state index is 0.174. The number of hydrogen-bond acceptors (Lipinski definition) is 1. The van der Waals surface area contributed by atoms with Crippen LogP contribution >= 0.6 is 15.9 Å². The van der Waals surface area contributed by atoms with E-state index in [1.165, 1.54) is 22.3 Å². The minimum Gasteiger partial charge on any atom is -0.330 e. The molecule has 20 heavy (non-hydrogen) atoms. The maximum Gasteiger partial charge on any atom is 0.132 e. The lowest BCUT2D eigenvalue weighted by Gasteiger charge is -2.22. The average molecular weight is 335 g/mol. The molecule has 108 valence electrons. The van der Waals surface area contributed by atoms with Crippen molar-refractivity contribution in [3.05, 3.63) is 39.3 Å². The zero-order valence-electron chi connectivity index (χ0n) is 13.4. The Balaban J connectivity index is 2.71. The predicted octanol–water partition coefficient (Wildman–Crippen LogP) is 5.07. The van der Waals surface area contributed by atoms with E-state index >= 15 is 0 Å². The molecular weight excluding hydrogens is 312 g/mol. The molecule has 0 unspecified atom stereocenters. The standard InChI is InChI=1S/C17H23BrN2/c1-10-8-13(17(4,5)6)9-11(2)14(10)15-16(18)19-12(3)20(15)7/h8-9H,1-7H3. The van der Waals surface area contributed by atoms with Gasteiger partial charge in [-0.1, -0.05) is 32.9 Å². The van der Waals surface area contributed by atoms with E-state index in [-0.39, 0.29) is 5.41 Å². The van der Waals surface area contributed by atoms with E-state index < -0.39 is 0 Å². The lowest BCUT2D eigenvalue weighted by molar-refractivity contribution is 0.589. The van der Waals surface area contributed by atoms with Gasteiger partial charge >= 0.3 is 0 Å². The molecular formula is C17H23BrN2. The van der Waals surface area contributed by atoms with Crippen LogP contribution in [0.25, 0.3) is 11.3 Å². The molecule has 1 heterocycles. The maximum absolute atomic E-state index is 4.52. The molecule has 1 aromatic heterocycles. The summed E-state index contributed by atoms with van der Waals surface area (Å²) < 4.78 is 3.07. The highest BCUT2D eigenvalue weighted by atomic mass is 79.9. The molecule has 0 fully saturated rings. The van der Waals surface area contributed by atoms with Gasteiger partial charge in [0.1, 0.15) is 10.4 Å². The Hall–Kier alpha value is -1.09. The molecule has 2 aromatic rings. The maximum atomic E-state index is 4.52. The number of halogens is 1. The van der Waals surface area contributed by atoms with Crippen molar-refractivity contribution in [2.75, 3.05) is 0 Å². The zero-order chi connectivity index (χ0) is 15.2. The van der Waals surface area contributed by atoms with Crippen LogP contribution in [0, 0.1) is 20.8 Å². The lowest BCUT2D eigenvalue weighted by atomic mass is 9.83. The van der Waals surface area contributed by atoms with Gasteiger partial charge in [0.05, 0.1) is 5.69 Å². The Morgan fingerprint density at radius 2 is 1.55 bits per heavy atom. The second-order valence-electron chi connectivity index (χ2n) is 6.59. The number of rotatable bonds is 1. The van der Waals surface area contributed by atoms with Crippen LogP contribution in [0.15, 0.2) is 16.7 Å². The SMILES string of the molecule is Cc1cc(C(C)(C)C)cc(C)c1-c1c(Br)nc(C)n1C. The van der Waals surface area contributed by atoms with E-state index in [2.05, 4.69) is 79.3 Å². The molecule has 0 aliphatic heterocycles. The van der Waals surface area contributed by atoms with Gasteiger partial charge in [-0.15, -0.1) is 0 Å². The fourth-order valence-electron chi connectivity index (χ4n) is 2.61. The van der Waals surface area contributed by atoms with Crippen molar-refractivity contribution in [1.29, 1.82) is 0 Å². The largest absolute Gasteiger partial charge is 0.330 e. The first-order chi connectivity index (χ1) is 9.12. The number of aromatic nitrogens is 2. The van der Waals surface area contributed by atoms with Crippen LogP contribution in [0.2, 0.25) is 0 Å². The summed E-state index contributed by atoms with van der Waals surface area (Å²) in [6.45, 7) is 13.2. The van der Waals surface area contributed by atoms with Crippen molar-refractivity contribution in [2.24, 2.45) is 7.05 Å². The number of benzene rings is 1. The van der Waals surface area contributed by atoms with Crippen LogP contribution in [-0.4, -0.2) is 9.55 Å². The van der Waals surface area contributed by atoms with E-state index in [1.807, 2.05) is 6.92 Å². The molecule has 3 heteroatoms. The normalized spacial score (nSPS) is 12.0. The average Bonchev–Trinajstić information content (AvgIpc) is 2.53. The highest BCUT2D eigenvalue weighted by Gasteiger charge is 2.20. The summed E-state index contributed by atoms with van der Waals surface area (Å²) in [5.74, 6) is 1.02. The molecule has 0 aliphatic carbocycles. The van der Waals surface area contributed by atoms with Crippen LogP contribution < -0.4 is 0 Å². The topological polar surface area (TPSA) is 17.8 Å². The first-order valence-corrected chi connectivity index (χ1v) is 7.73. The number of aryl methyl sites for hydroxylation is 3. The molecule has 0 amide bonds. The Labute approximate surface area is 130 Å². The van der Waals surface area contributed by atoms with Gasteiger partial charge in [0.15, 0.2) is 0 Å². The summed E-state index contributed by atoms with van der Waals surface area (Å²) in [7, 11) is 2.07. The number of nitrogens with zero attached hydrogens (tertiary/aromatic N) is 2. The molecule has 0 spiro atoms. The fraction of sp³-hybridized carbons (Fsp3) is 0.471. The van der Waals surface area contributed by atoms with Crippen molar-refractivity contribution in [3.63, 3.8) is 0 Å². The van der Waals surface area contributed by atoms with Gasteiger partial charge < -0.3 is 4.57 Å². The monoisotopic (exact) mass is 334 g/mol. The van der Waals surface area contributed by atoms with Crippen molar-refractivity contribution < 1.29 is 0 Å². The smallest absolute Gasteiger partial charge is 0.132 e. The molecule has 0 N–H and O–H groups in total. The minimum atomic E-state index is 0.174. The van der Waals surface area contributed by atoms with Gasteiger partial charge in [-0.05, 0) is 58.8 Å². The first kappa shape index (κ1) is 15.3. The Kier molecular flexibility index (Phi) is 3.85. The summed E-state index contributed by atoms with van der Waals surface area (Å²) in [4.78, 5) is 4.52. The predicted molar refractivity (Wildman–Crippen MR) is 89.3 cm³/mol. The summed E-state index contributed by atoms with van der Waals surface area (Å²) in [5.41, 5.74) is 6.61. The lowest BCUT2D eigenvalue weighted by Crippen LogP contribution is -2.12. The van der Waals surface area contributed by atoms with E-state index in [4.69, 9.17) is 0 Å². The van der Waals surface area contributed by atoms with E-state index in [1.54, 1.807) is 0 Å². The van der Waals surface area contributed by atoms with Crippen molar-refractivity contribution >= 4 is 15.9 Å². The Morgan fingerprint density at radius 3 is 1.90 bits per heavy atom. The van der Waals surface area contributed by atoms with Gasteiger partial charge in [-0.2, -0.15) is 0 Å². The Morgan fingerprint density at radius 1 is 1.05 bits per heavy atom.